The highest BCUT2D eigenvalue weighted by Gasteiger charge is 2.21. The van der Waals surface area contributed by atoms with Crippen molar-refractivity contribution < 1.29 is 9.53 Å². The van der Waals surface area contributed by atoms with Crippen molar-refractivity contribution >= 4 is 16.8 Å². The Labute approximate surface area is 202 Å². The van der Waals surface area contributed by atoms with Crippen LogP contribution in [0.25, 0.3) is 10.9 Å². The number of fused-ring (bicyclic) bond motifs is 1. The van der Waals surface area contributed by atoms with Gasteiger partial charge in [-0.25, -0.2) is 0 Å². The molecule has 1 N–H and O–H groups in total. The second kappa shape index (κ2) is 11.7. The van der Waals surface area contributed by atoms with E-state index in [1.165, 1.54) is 33.2 Å². The van der Waals surface area contributed by atoms with E-state index in [2.05, 4.69) is 95.8 Å². The molecule has 4 heteroatoms. The quantitative estimate of drug-likeness (QED) is 0.288. The van der Waals surface area contributed by atoms with Gasteiger partial charge in [0, 0.05) is 43.7 Å². The number of methoxy groups -OCH3 is 1. The summed E-state index contributed by atoms with van der Waals surface area (Å²) >= 11 is 0. The summed E-state index contributed by atoms with van der Waals surface area (Å²) in [4.78, 5) is 12.8. The van der Waals surface area contributed by atoms with Gasteiger partial charge in [-0.3, -0.25) is 4.79 Å². The first-order valence-corrected chi connectivity index (χ1v) is 12.1. The van der Waals surface area contributed by atoms with E-state index in [1.54, 1.807) is 7.11 Å². The summed E-state index contributed by atoms with van der Waals surface area (Å²) < 4.78 is 7.42. The van der Waals surface area contributed by atoms with E-state index >= 15 is 0 Å². The monoisotopic (exact) mass is 454 g/mol. The summed E-state index contributed by atoms with van der Waals surface area (Å²) in [5.74, 6) is 0.206. The van der Waals surface area contributed by atoms with Crippen LogP contribution < -0.4 is 5.32 Å². The van der Waals surface area contributed by atoms with E-state index in [4.69, 9.17) is 4.74 Å². The molecule has 1 aromatic heterocycles. The van der Waals surface area contributed by atoms with Crippen molar-refractivity contribution in [2.75, 3.05) is 20.3 Å². The fourth-order valence-corrected chi connectivity index (χ4v) is 4.56. The number of aromatic nitrogens is 1. The molecule has 4 aromatic rings. The number of amides is 1. The van der Waals surface area contributed by atoms with E-state index < -0.39 is 0 Å². The molecule has 0 bridgehead atoms. The predicted octanol–water partition coefficient (Wildman–Crippen LogP) is 5.87. The molecule has 4 nitrogen and oxygen atoms in total. The SMILES string of the molecule is COCCNC(=O)C[C@H](CCc1ccccc1)c1cn(Cc2ccc(C)cc2)c2ccccc12. The molecule has 1 heterocycles. The number of benzene rings is 3. The summed E-state index contributed by atoms with van der Waals surface area (Å²) in [6.07, 6.45) is 4.59. The van der Waals surface area contributed by atoms with Crippen molar-refractivity contribution in [1.82, 2.24) is 9.88 Å². The summed E-state index contributed by atoms with van der Waals surface area (Å²) in [6, 6.07) is 27.8. The molecule has 3 aromatic carbocycles. The number of ether oxygens (including phenoxy) is 1. The Hall–Kier alpha value is -3.37. The summed E-state index contributed by atoms with van der Waals surface area (Å²) in [6.45, 7) is 3.99. The van der Waals surface area contributed by atoms with Crippen molar-refractivity contribution in [2.24, 2.45) is 0 Å². The third-order valence-corrected chi connectivity index (χ3v) is 6.42. The molecule has 1 amide bonds. The maximum Gasteiger partial charge on any atom is 0.220 e. The standard InChI is InChI=1S/C30H34N2O2/c1-23-12-14-25(15-13-23)21-32-22-28(27-10-6-7-11-29(27)32)26(20-30(33)31-18-19-34-2)17-16-24-8-4-3-5-9-24/h3-15,22,26H,16-21H2,1-2H3,(H,31,33)/t26-/m0/s1. The lowest BCUT2D eigenvalue weighted by molar-refractivity contribution is -0.121. The molecule has 4 rings (SSSR count). The molecule has 0 saturated carbocycles. The van der Waals surface area contributed by atoms with Gasteiger partial charge >= 0.3 is 0 Å². The number of hydrogen-bond acceptors (Lipinski definition) is 2. The van der Waals surface area contributed by atoms with Gasteiger partial charge in [0.05, 0.1) is 6.61 Å². The van der Waals surface area contributed by atoms with E-state index in [-0.39, 0.29) is 11.8 Å². The molecule has 1 atom stereocenters. The minimum atomic E-state index is 0.0745. The molecule has 0 spiro atoms. The zero-order valence-electron chi connectivity index (χ0n) is 20.2. The van der Waals surface area contributed by atoms with Crippen molar-refractivity contribution in [3.63, 3.8) is 0 Å². The first-order chi connectivity index (χ1) is 16.6. The predicted molar refractivity (Wildman–Crippen MR) is 139 cm³/mol. The maximum absolute atomic E-state index is 12.8. The molecule has 176 valence electrons. The lowest BCUT2D eigenvalue weighted by Crippen LogP contribution is -2.28. The second-order valence-electron chi connectivity index (χ2n) is 8.98. The van der Waals surface area contributed by atoms with Crippen molar-refractivity contribution in [3.8, 4) is 0 Å². The van der Waals surface area contributed by atoms with Gasteiger partial charge in [-0.1, -0.05) is 78.4 Å². The van der Waals surface area contributed by atoms with Crippen LogP contribution in [0.1, 0.15) is 41.0 Å². The summed E-state index contributed by atoms with van der Waals surface area (Å²) in [5, 5.41) is 4.24. The van der Waals surface area contributed by atoms with Gasteiger partial charge in [0.25, 0.3) is 0 Å². The second-order valence-corrected chi connectivity index (χ2v) is 8.98. The Balaban J connectivity index is 1.63. The Morgan fingerprint density at radius 2 is 1.68 bits per heavy atom. The van der Waals surface area contributed by atoms with Gasteiger partial charge < -0.3 is 14.6 Å². The fraction of sp³-hybridized carbons (Fsp3) is 0.300. The Kier molecular flexibility index (Phi) is 8.16. The van der Waals surface area contributed by atoms with E-state index in [1.807, 2.05) is 6.07 Å². The topological polar surface area (TPSA) is 43.3 Å². The fourth-order valence-electron chi connectivity index (χ4n) is 4.56. The lowest BCUT2D eigenvalue weighted by atomic mass is 9.89. The van der Waals surface area contributed by atoms with E-state index in [9.17, 15) is 4.79 Å². The van der Waals surface area contributed by atoms with Crippen LogP contribution in [0.5, 0.6) is 0 Å². The molecule has 34 heavy (non-hydrogen) atoms. The van der Waals surface area contributed by atoms with Crippen LogP contribution in [0.15, 0.2) is 85.1 Å². The third kappa shape index (κ3) is 6.15. The zero-order chi connectivity index (χ0) is 23.8. The van der Waals surface area contributed by atoms with Crippen molar-refractivity contribution in [1.29, 1.82) is 0 Å². The Bertz CT molecular complexity index is 1200. The van der Waals surface area contributed by atoms with Gasteiger partial charge in [0.1, 0.15) is 0 Å². The third-order valence-electron chi connectivity index (χ3n) is 6.42. The van der Waals surface area contributed by atoms with Crippen LogP contribution >= 0.6 is 0 Å². The average molecular weight is 455 g/mol. The number of aryl methyl sites for hydroxylation is 2. The minimum Gasteiger partial charge on any atom is -0.383 e. The highest BCUT2D eigenvalue weighted by atomic mass is 16.5. The van der Waals surface area contributed by atoms with Gasteiger partial charge in [-0.15, -0.1) is 0 Å². The van der Waals surface area contributed by atoms with Gasteiger partial charge in [0.2, 0.25) is 5.91 Å². The first kappa shape index (κ1) is 23.8. The van der Waals surface area contributed by atoms with Crippen molar-refractivity contribution in [3.05, 3.63) is 107 Å². The number of hydrogen-bond donors (Lipinski definition) is 1. The molecule has 0 saturated heterocycles. The summed E-state index contributed by atoms with van der Waals surface area (Å²) in [7, 11) is 1.65. The highest BCUT2D eigenvalue weighted by Crippen LogP contribution is 2.33. The average Bonchev–Trinajstić information content (AvgIpc) is 3.22. The van der Waals surface area contributed by atoms with Crippen LogP contribution in [0, 0.1) is 6.92 Å². The van der Waals surface area contributed by atoms with Gasteiger partial charge in [0.15, 0.2) is 0 Å². The molecular weight excluding hydrogens is 420 g/mol. The first-order valence-electron chi connectivity index (χ1n) is 12.1. The molecule has 0 radical (unpaired) electrons. The van der Waals surface area contributed by atoms with Crippen LogP contribution in [-0.4, -0.2) is 30.7 Å². The molecule has 0 aliphatic rings. The van der Waals surface area contributed by atoms with Crippen LogP contribution in [0.2, 0.25) is 0 Å². The van der Waals surface area contributed by atoms with Gasteiger partial charge in [-0.2, -0.15) is 0 Å². The number of carbonyl (C=O) groups is 1. The number of carbonyl (C=O) groups excluding carboxylic acids is 1. The van der Waals surface area contributed by atoms with Crippen molar-refractivity contribution in [2.45, 2.75) is 38.6 Å². The minimum absolute atomic E-state index is 0.0745. The normalized spacial score (nSPS) is 12.1. The molecule has 0 fully saturated rings. The van der Waals surface area contributed by atoms with E-state index in [0.29, 0.717) is 19.6 Å². The number of rotatable bonds is 11. The highest BCUT2D eigenvalue weighted by molar-refractivity contribution is 5.86. The van der Waals surface area contributed by atoms with Gasteiger partial charge in [-0.05, 0) is 48.4 Å². The van der Waals surface area contributed by atoms with Crippen LogP contribution in [0.4, 0.5) is 0 Å². The molecule has 0 aliphatic heterocycles. The van der Waals surface area contributed by atoms with Crippen LogP contribution in [0.3, 0.4) is 0 Å². The summed E-state index contributed by atoms with van der Waals surface area (Å²) in [5.41, 5.74) is 6.30. The number of nitrogens with zero attached hydrogens (tertiary/aromatic N) is 1. The Morgan fingerprint density at radius 3 is 2.44 bits per heavy atom. The zero-order valence-corrected chi connectivity index (χ0v) is 20.2. The lowest BCUT2D eigenvalue weighted by Gasteiger charge is -2.17. The largest absolute Gasteiger partial charge is 0.383 e. The number of para-hydroxylation sites is 1. The van der Waals surface area contributed by atoms with E-state index in [0.717, 1.165) is 19.4 Å². The molecule has 0 aliphatic carbocycles. The number of nitrogens with one attached hydrogen (secondary N) is 1. The van der Waals surface area contributed by atoms with Crippen LogP contribution in [-0.2, 0) is 22.5 Å². The Morgan fingerprint density at radius 1 is 0.941 bits per heavy atom. The smallest absolute Gasteiger partial charge is 0.220 e. The maximum atomic E-state index is 12.8. The molecule has 0 unspecified atom stereocenters. The molecular formula is C30H34N2O2.